The first-order valence-electron chi connectivity index (χ1n) is 7.71. The Bertz CT molecular complexity index is 749. The molecule has 2 N–H and O–H groups in total. The maximum atomic E-state index is 13.3. The minimum Gasteiger partial charge on any atom is -0.493 e. The number of rotatable bonds is 8. The highest BCUT2D eigenvalue weighted by Gasteiger charge is 2.16. The maximum absolute atomic E-state index is 13.3. The topological polar surface area (TPSA) is 77.0 Å². The van der Waals surface area contributed by atoms with Crippen molar-refractivity contribution in [2.24, 2.45) is 0 Å². The number of carbonyl (C=O) groups is 1. The highest BCUT2D eigenvalue weighted by molar-refractivity contribution is 9.10. The van der Waals surface area contributed by atoms with E-state index in [1.165, 1.54) is 26.4 Å². The molecule has 0 spiro atoms. The van der Waals surface area contributed by atoms with E-state index >= 15 is 0 Å². The summed E-state index contributed by atoms with van der Waals surface area (Å²) in [5, 5.41) is 12.6. The lowest BCUT2D eigenvalue weighted by atomic mass is 10.2. The lowest BCUT2D eigenvalue weighted by Gasteiger charge is -2.17. The fraction of sp³-hybridized carbons (Fsp3) is 0.278. The molecule has 0 aliphatic carbocycles. The van der Waals surface area contributed by atoms with Gasteiger partial charge in [0.15, 0.2) is 11.5 Å². The predicted octanol–water partition coefficient (Wildman–Crippen LogP) is 2.78. The molecule has 0 heterocycles. The van der Waals surface area contributed by atoms with Crippen LogP contribution in [-0.4, -0.2) is 44.5 Å². The number of aliphatic hydroxyl groups excluding tert-OH is 1. The van der Waals surface area contributed by atoms with E-state index in [0.717, 1.165) is 6.07 Å². The van der Waals surface area contributed by atoms with Crippen molar-refractivity contribution in [2.75, 3.05) is 27.4 Å². The zero-order valence-electron chi connectivity index (χ0n) is 14.3. The number of halogens is 2. The van der Waals surface area contributed by atoms with Gasteiger partial charge in [0.1, 0.15) is 18.5 Å². The quantitative estimate of drug-likeness (QED) is 0.677. The van der Waals surface area contributed by atoms with Gasteiger partial charge >= 0.3 is 0 Å². The van der Waals surface area contributed by atoms with Gasteiger partial charge in [-0.3, -0.25) is 4.79 Å². The van der Waals surface area contributed by atoms with Crippen LogP contribution in [0.5, 0.6) is 17.2 Å². The number of hydrogen-bond acceptors (Lipinski definition) is 5. The van der Waals surface area contributed by atoms with Crippen LogP contribution in [0.3, 0.4) is 0 Å². The lowest BCUT2D eigenvalue weighted by molar-refractivity contribution is 0.0833. The molecule has 0 fully saturated rings. The second-order valence-corrected chi connectivity index (χ2v) is 6.15. The molecular weight excluding hydrogens is 409 g/mol. The van der Waals surface area contributed by atoms with Gasteiger partial charge in [-0.1, -0.05) is 6.07 Å². The van der Waals surface area contributed by atoms with Gasteiger partial charge in [0.25, 0.3) is 5.91 Å². The summed E-state index contributed by atoms with van der Waals surface area (Å²) in [4.78, 5) is 12.1. The van der Waals surface area contributed by atoms with Crippen LogP contribution in [0.1, 0.15) is 10.4 Å². The largest absolute Gasteiger partial charge is 0.493 e. The highest BCUT2D eigenvalue weighted by atomic mass is 79.9. The van der Waals surface area contributed by atoms with E-state index in [-0.39, 0.29) is 18.7 Å². The average molecular weight is 428 g/mol. The summed E-state index contributed by atoms with van der Waals surface area (Å²) in [6.45, 7) is -0.166. The Morgan fingerprint density at radius 2 is 1.88 bits per heavy atom. The number of hydrogen-bond donors (Lipinski definition) is 2. The first-order valence-corrected chi connectivity index (χ1v) is 8.50. The molecule has 6 nitrogen and oxygen atoms in total. The van der Waals surface area contributed by atoms with E-state index in [9.17, 15) is 14.3 Å². The third-order valence-corrected chi connectivity index (χ3v) is 4.17. The summed E-state index contributed by atoms with van der Waals surface area (Å²) in [6.07, 6.45) is -0.985. The van der Waals surface area contributed by atoms with Crippen LogP contribution in [-0.2, 0) is 0 Å². The van der Waals surface area contributed by atoms with Gasteiger partial charge in [0.05, 0.1) is 19.8 Å². The van der Waals surface area contributed by atoms with Crippen LogP contribution in [0, 0.1) is 5.82 Å². The Morgan fingerprint density at radius 3 is 2.50 bits per heavy atom. The molecule has 0 aliphatic heterocycles. The Balaban J connectivity index is 1.93. The number of ether oxygens (including phenoxy) is 3. The Hall–Kier alpha value is -2.32. The molecule has 1 atom stereocenters. The average Bonchev–Trinajstić information content (AvgIpc) is 2.65. The van der Waals surface area contributed by atoms with E-state index in [0.29, 0.717) is 21.7 Å². The molecule has 0 aliphatic rings. The summed E-state index contributed by atoms with van der Waals surface area (Å²) >= 11 is 3.19. The van der Waals surface area contributed by atoms with Crippen molar-refractivity contribution in [3.63, 3.8) is 0 Å². The Kier molecular flexibility index (Phi) is 7.23. The molecule has 26 heavy (non-hydrogen) atoms. The number of nitrogens with one attached hydrogen (secondary N) is 1. The molecule has 0 radical (unpaired) electrons. The second kappa shape index (κ2) is 9.40. The van der Waals surface area contributed by atoms with E-state index in [1.54, 1.807) is 18.2 Å². The molecule has 2 aromatic rings. The van der Waals surface area contributed by atoms with Crippen molar-refractivity contribution in [1.29, 1.82) is 0 Å². The molecule has 140 valence electrons. The molecule has 1 unspecified atom stereocenters. The van der Waals surface area contributed by atoms with Crippen molar-refractivity contribution < 1.29 is 28.5 Å². The number of amides is 1. The second-order valence-electron chi connectivity index (χ2n) is 5.29. The number of para-hydroxylation sites is 1. The van der Waals surface area contributed by atoms with Crippen LogP contribution in [0.2, 0.25) is 0 Å². The number of methoxy groups -OCH3 is 2. The first kappa shape index (κ1) is 20.0. The number of carbonyl (C=O) groups excluding carboxylic acids is 1. The molecule has 0 saturated carbocycles. The third-order valence-electron chi connectivity index (χ3n) is 3.47. The van der Waals surface area contributed by atoms with Crippen LogP contribution in [0.15, 0.2) is 40.9 Å². The number of benzene rings is 2. The summed E-state index contributed by atoms with van der Waals surface area (Å²) in [5.74, 6) is 0.250. The summed E-state index contributed by atoms with van der Waals surface area (Å²) < 4.78 is 29.7. The van der Waals surface area contributed by atoms with Gasteiger partial charge < -0.3 is 24.6 Å². The monoisotopic (exact) mass is 427 g/mol. The minimum atomic E-state index is -0.985. The minimum absolute atomic E-state index is 0.0702. The highest BCUT2D eigenvalue weighted by Crippen LogP contribution is 2.36. The van der Waals surface area contributed by atoms with Gasteiger partial charge in [-0.2, -0.15) is 0 Å². The van der Waals surface area contributed by atoms with Crippen LogP contribution in [0.4, 0.5) is 4.39 Å². The van der Waals surface area contributed by atoms with Gasteiger partial charge in [0.2, 0.25) is 5.75 Å². The molecular formula is C18H19BrFNO5. The fourth-order valence-electron chi connectivity index (χ4n) is 2.18. The smallest absolute Gasteiger partial charge is 0.252 e. The molecule has 2 aromatic carbocycles. The van der Waals surface area contributed by atoms with Crippen molar-refractivity contribution >= 4 is 21.8 Å². The molecule has 8 heteroatoms. The predicted molar refractivity (Wildman–Crippen MR) is 97.5 cm³/mol. The molecule has 1 amide bonds. The first-order chi connectivity index (χ1) is 12.5. The van der Waals surface area contributed by atoms with Crippen LogP contribution in [0.25, 0.3) is 0 Å². The normalized spacial score (nSPS) is 11.6. The Morgan fingerprint density at radius 1 is 1.23 bits per heavy atom. The van der Waals surface area contributed by atoms with E-state index in [1.807, 2.05) is 0 Å². The standard InChI is InChI=1S/C18H19BrFNO5/c1-24-15-4-3-5-16(25-2)17(15)26-10-12(22)9-21-18(23)13-8-11(20)6-7-14(13)19/h3-8,12,22H,9-10H2,1-2H3,(H,21,23). The van der Waals surface area contributed by atoms with Gasteiger partial charge in [-0.25, -0.2) is 4.39 Å². The molecule has 0 aromatic heterocycles. The Labute approximate surface area is 159 Å². The SMILES string of the molecule is COc1cccc(OC)c1OCC(O)CNC(=O)c1cc(F)ccc1Br. The lowest BCUT2D eigenvalue weighted by Crippen LogP contribution is -2.35. The van der Waals surface area contributed by atoms with Crippen molar-refractivity contribution in [1.82, 2.24) is 5.32 Å². The summed E-state index contributed by atoms with van der Waals surface area (Å²) in [7, 11) is 2.99. The summed E-state index contributed by atoms with van der Waals surface area (Å²) in [6, 6.07) is 8.95. The van der Waals surface area contributed by atoms with Crippen molar-refractivity contribution in [3.05, 3.63) is 52.3 Å². The summed E-state index contributed by atoms with van der Waals surface area (Å²) in [5.41, 5.74) is 0.143. The van der Waals surface area contributed by atoms with E-state index < -0.39 is 17.8 Å². The van der Waals surface area contributed by atoms with Gasteiger partial charge in [-0.05, 0) is 46.3 Å². The molecule has 2 rings (SSSR count). The maximum Gasteiger partial charge on any atom is 0.252 e. The van der Waals surface area contributed by atoms with Crippen molar-refractivity contribution in [3.8, 4) is 17.2 Å². The van der Waals surface area contributed by atoms with Crippen LogP contribution < -0.4 is 19.5 Å². The van der Waals surface area contributed by atoms with Gasteiger partial charge in [0, 0.05) is 11.0 Å². The molecule has 0 saturated heterocycles. The zero-order chi connectivity index (χ0) is 19.1. The third kappa shape index (κ3) is 5.09. The van der Waals surface area contributed by atoms with Gasteiger partial charge in [-0.15, -0.1) is 0 Å². The molecule has 0 bridgehead atoms. The van der Waals surface area contributed by atoms with E-state index in [2.05, 4.69) is 21.2 Å². The van der Waals surface area contributed by atoms with Crippen LogP contribution >= 0.6 is 15.9 Å². The zero-order valence-corrected chi connectivity index (χ0v) is 15.9. The van der Waals surface area contributed by atoms with E-state index in [4.69, 9.17) is 14.2 Å². The number of aliphatic hydroxyl groups is 1. The van der Waals surface area contributed by atoms with Crippen molar-refractivity contribution in [2.45, 2.75) is 6.10 Å². The fourth-order valence-corrected chi connectivity index (χ4v) is 2.60.